The summed E-state index contributed by atoms with van der Waals surface area (Å²) in [4.78, 5) is 13.9. The second kappa shape index (κ2) is 5.80. The van der Waals surface area contributed by atoms with Crippen LogP contribution in [-0.4, -0.2) is 46.2 Å². The Morgan fingerprint density at radius 2 is 1.88 bits per heavy atom. The van der Waals surface area contributed by atoms with E-state index in [9.17, 15) is 0 Å². The highest BCUT2D eigenvalue weighted by molar-refractivity contribution is 5.48. The molecule has 132 valence electrons. The van der Waals surface area contributed by atoms with Crippen molar-refractivity contribution < 1.29 is 4.52 Å². The van der Waals surface area contributed by atoms with Gasteiger partial charge in [0.1, 0.15) is 23.6 Å². The second-order valence-electron chi connectivity index (χ2n) is 7.91. The zero-order valence-corrected chi connectivity index (χ0v) is 15.0. The van der Waals surface area contributed by atoms with Crippen LogP contribution in [-0.2, 0) is 19.4 Å². The summed E-state index contributed by atoms with van der Waals surface area (Å²) in [5, 5.41) is 4.34. The summed E-state index contributed by atoms with van der Waals surface area (Å²) in [7, 11) is 0. The van der Waals surface area contributed by atoms with Crippen LogP contribution in [0.2, 0.25) is 0 Å². The van der Waals surface area contributed by atoms with Gasteiger partial charge in [0.05, 0.1) is 0 Å². The molecule has 0 spiro atoms. The van der Waals surface area contributed by atoms with Crippen molar-refractivity contribution in [2.45, 2.75) is 39.7 Å². The highest BCUT2D eigenvalue weighted by atomic mass is 16.5. The topological polar surface area (TPSA) is 58.3 Å². The first-order valence-corrected chi connectivity index (χ1v) is 9.41. The van der Waals surface area contributed by atoms with E-state index < -0.39 is 0 Å². The van der Waals surface area contributed by atoms with Crippen molar-refractivity contribution in [3.05, 3.63) is 34.6 Å². The van der Waals surface area contributed by atoms with Gasteiger partial charge in [-0.05, 0) is 38.5 Å². The van der Waals surface area contributed by atoms with Gasteiger partial charge in [-0.15, -0.1) is 0 Å². The van der Waals surface area contributed by atoms with Gasteiger partial charge in [-0.2, -0.15) is 0 Å². The standard InChI is InChI=1S/C19H25N5O/c1-12-13(2)20-11-21-19(12)24-8-14-6-23(7-15(14)9-24)10-17-16-4-3-5-18(16)25-22-17/h11,14-15H,3-10H2,1-2H3. The summed E-state index contributed by atoms with van der Waals surface area (Å²) in [5.74, 6) is 3.72. The first-order valence-electron chi connectivity index (χ1n) is 9.41. The summed E-state index contributed by atoms with van der Waals surface area (Å²) in [5.41, 5.74) is 4.89. The molecule has 2 unspecified atom stereocenters. The molecule has 0 aromatic carbocycles. The minimum absolute atomic E-state index is 0.731. The SMILES string of the molecule is Cc1ncnc(N2CC3CN(Cc4noc5c4CCC5)CC3C2)c1C. The number of fused-ring (bicyclic) bond motifs is 2. The highest BCUT2D eigenvalue weighted by Gasteiger charge is 2.41. The lowest BCUT2D eigenvalue weighted by atomic mass is 10.0. The zero-order valence-electron chi connectivity index (χ0n) is 15.0. The molecule has 0 radical (unpaired) electrons. The third kappa shape index (κ3) is 2.54. The lowest BCUT2D eigenvalue weighted by molar-refractivity contribution is 0.291. The maximum Gasteiger partial charge on any atom is 0.140 e. The molecule has 25 heavy (non-hydrogen) atoms. The number of rotatable bonds is 3. The van der Waals surface area contributed by atoms with Gasteiger partial charge in [0.25, 0.3) is 0 Å². The van der Waals surface area contributed by atoms with Gasteiger partial charge in [0, 0.05) is 56.0 Å². The van der Waals surface area contributed by atoms with Crippen LogP contribution < -0.4 is 4.90 Å². The Balaban J connectivity index is 1.25. The predicted octanol–water partition coefficient (Wildman–Crippen LogP) is 2.14. The number of hydrogen-bond donors (Lipinski definition) is 0. The van der Waals surface area contributed by atoms with E-state index >= 15 is 0 Å². The Kier molecular flexibility index (Phi) is 3.55. The quantitative estimate of drug-likeness (QED) is 0.854. The molecule has 1 aliphatic carbocycles. The van der Waals surface area contributed by atoms with Crippen molar-refractivity contribution in [1.29, 1.82) is 0 Å². The average Bonchev–Trinajstić information content (AvgIpc) is 3.32. The Labute approximate surface area is 148 Å². The van der Waals surface area contributed by atoms with Gasteiger partial charge in [-0.3, -0.25) is 4.90 Å². The third-order valence-corrected chi connectivity index (χ3v) is 6.33. The maximum atomic E-state index is 5.51. The number of hydrogen-bond acceptors (Lipinski definition) is 6. The van der Waals surface area contributed by atoms with Gasteiger partial charge in [-0.1, -0.05) is 5.16 Å². The fourth-order valence-corrected chi connectivity index (χ4v) is 4.86. The van der Waals surface area contributed by atoms with Crippen molar-refractivity contribution >= 4 is 5.82 Å². The summed E-state index contributed by atoms with van der Waals surface area (Å²) in [6.07, 6.45) is 5.14. The van der Waals surface area contributed by atoms with E-state index in [0.717, 1.165) is 74.7 Å². The zero-order chi connectivity index (χ0) is 17.0. The normalized spacial score (nSPS) is 25.6. The second-order valence-corrected chi connectivity index (χ2v) is 7.91. The van der Waals surface area contributed by atoms with Crippen molar-refractivity contribution in [2.75, 3.05) is 31.1 Å². The van der Waals surface area contributed by atoms with E-state index in [1.165, 1.54) is 23.2 Å². The van der Waals surface area contributed by atoms with Crippen LogP contribution in [0.1, 0.15) is 34.7 Å². The predicted molar refractivity (Wildman–Crippen MR) is 94.5 cm³/mol. The summed E-state index contributed by atoms with van der Waals surface area (Å²) in [6.45, 7) is 9.69. The molecule has 4 heterocycles. The van der Waals surface area contributed by atoms with E-state index in [0.29, 0.717) is 0 Å². The van der Waals surface area contributed by atoms with E-state index in [1.807, 2.05) is 0 Å². The Bertz CT molecular complexity index is 787. The molecular formula is C19H25N5O. The van der Waals surface area contributed by atoms with Crippen LogP contribution in [0.3, 0.4) is 0 Å². The van der Waals surface area contributed by atoms with Crippen LogP contribution in [0.15, 0.2) is 10.9 Å². The van der Waals surface area contributed by atoms with Crippen molar-refractivity contribution in [1.82, 2.24) is 20.0 Å². The van der Waals surface area contributed by atoms with Crippen LogP contribution in [0.5, 0.6) is 0 Å². The third-order valence-electron chi connectivity index (χ3n) is 6.33. The molecule has 0 N–H and O–H groups in total. The molecule has 2 atom stereocenters. The Morgan fingerprint density at radius 1 is 1.08 bits per heavy atom. The number of likely N-dealkylation sites (tertiary alicyclic amines) is 1. The number of anilines is 1. The minimum atomic E-state index is 0.731. The fourth-order valence-electron chi connectivity index (χ4n) is 4.86. The first-order chi connectivity index (χ1) is 12.2. The van der Waals surface area contributed by atoms with Crippen LogP contribution in [0.4, 0.5) is 5.82 Å². The lowest BCUT2D eigenvalue weighted by Crippen LogP contribution is -2.30. The molecular weight excluding hydrogens is 314 g/mol. The van der Waals surface area contributed by atoms with Crippen molar-refractivity contribution in [3.8, 4) is 0 Å². The molecule has 6 nitrogen and oxygen atoms in total. The average molecular weight is 339 g/mol. The summed E-state index contributed by atoms with van der Waals surface area (Å²) in [6, 6.07) is 0. The molecule has 3 aliphatic rings. The van der Waals surface area contributed by atoms with Crippen LogP contribution in [0, 0.1) is 25.7 Å². The van der Waals surface area contributed by atoms with Crippen molar-refractivity contribution in [2.24, 2.45) is 11.8 Å². The number of nitrogens with zero attached hydrogens (tertiary/aromatic N) is 5. The number of aryl methyl sites for hydroxylation is 2. The van der Waals surface area contributed by atoms with Gasteiger partial charge >= 0.3 is 0 Å². The van der Waals surface area contributed by atoms with E-state index in [1.54, 1.807) is 6.33 Å². The Morgan fingerprint density at radius 3 is 2.68 bits per heavy atom. The van der Waals surface area contributed by atoms with E-state index in [-0.39, 0.29) is 0 Å². The van der Waals surface area contributed by atoms with Gasteiger partial charge in [-0.25, -0.2) is 9.97 Å². The van der Waals surface area contributed by atoms with Gasteiger partial charge in [0.2, 0.25) is 0 Å². The summed E-state index contributed by atoms with van der Waals surface area (Å²) >= 11 is 0. The van der Waals surface area contributed by atoms with Crippen LogP contribution >= 0.6 is 0 Å². The molecule has 2 aromatic rings. The molecule has 6 heteroatoms. The molecule has 2 fully saturated rings. The molecule has 2 aromatic heterocycles. The van der Waals surface area contributed by atoms with Crippen LogP contribution in [0.25, 0.3) is 0 Å². The van der Waals surface area contributed by atoms with Crippen molar-refractivity contribution in [3.63, 3.8) is 0 Å². The van der Waals surface area contributed by atoms with E-state index in [2.05, 4.69) is 38.8 Å². The minimum Gasteiger partial charge on any atom is -0.361 e. The van der Waals surface area contributed by atoms with Gasteiger partial charge in [0.15, 0.2) is 0 Å². The molecule has 0 bridgehead atoms. The first kappa shape index (κ1) is 15.3. The van der Waals surface area contributed by atoms with E-state index in [4.69, 9.17) is 4.52 Å². The smallest absolute Gasteiger partial charge is 0.140 e. The van der Waals surface area contributed by atoms with Gasteiger partial charge < -0.3 is 9.42 Å². The molecule has 2 saturated heterocycles. The molecule has 0 saturated carbocycles. The maximum absolute atomic E-state index is 5.51. The largest absolute Gasteiger partial charge is 0.361 e. The summed E-state index contributed by atoms with van der Waals surface area (Å²) < 4.78 is 5.51. The molecule has 2 aliphatic heterocycles. The highest BCUT2D eigenvalue weighted by Crippen LogP contribution is 2.35. The lowest BCUT2D eigenvalue weighted by Gasteiger charge is -2.23. The fraction of sp³-hybridized carbons (Fsp3) is 0.632. The Hall–Kier alpha value is -1.95. The molecule has 5 rings (SSSR count). The molecule has 0 amide bonds. The monoisotopic (exact) mass is 339 g/mol. The number of aromatic nitrogens is 3.